The van der Waals surface area contributed by atoms with E-state index in [1.807, 2.05) is 0 Å². The predicted octanol–water partition coefficient (Wildman–Crippen LogP) is 17.2. The third-order valence-corrected chi connectivity index (χ3v) is 13.6. The van der Waals surface area contributed by atoms with Crippen molar-refractivity contribution in [1.29, 1.82) is 0 Å². The average Bonchev–Trinajstić information content (AvgIpc) is 3.73. The van der Waals surface area contributed by atoms with Crippen molar-refractivity contribution in [2.75, 3.05) is 0 Å². The van der Waals surface area contributed by atoms with E-state index in [0.717, 1.165) is 44.0 Å². The standard InChI is InChI=1S/C60H34O/c1-2-7-35(8-3-1)44-13-6-14-51-47(44)32-34-53-58-46(37-17-15-36(16-18-37)45-27-23-42-21-19-38-9-4-11-40-25-29-49(45)56(42)54(38)40)31-33-52(60(58)61-59(51)53)48-28-24-43-22-20-39-10-5-12-41-26-30-50(48)57(43)55(39)41/h1-34H. The fourth-order valence-electron chi connectivity index (χ4n) is 10.8. The van der Waals surface area contributed by atoms with Gasteiger partial charge < -0.3 is 4.42 Å². The summed E-state index contributed by atoms with van der Waals surface area (Å²) in [6.07, 6.45) is 0. The molecular formula is C60H34O. The number of hydrogen-bond acceptors (Lipinski definition) is 1. The summed E-state index contributed by atoms with van der Waals surface area (Å²) in [7, 11) is 0. The second kappa shape index (κ2) is 12.3. The maximum Gasteiger partial charge on any atom is 0.143 e. The van der Waals surface area contributed by atoms with Crippen LogP contribution < -0.4 is 0 Å². The van der Waals surface area contributed by atoms with Crippen LogP contribution in [0.2, 0.25) is 0 Å². The van der Waals surface area contributed by atoms with Crippen LogP contribution in [0.25, 0.3) is 142 Å². The van der Waals surface area contributed by atoms with Gasteiger partial charge in [-0.3, -0.25) is 0 Å². The van der Waals surface area contributed by atoms with Gasteiger partial charge in [0.2, 0.25) is 0 Å². The summed E-state index contributed by atoms with van der Waals surface area (Å²) in [6, 6.07) is 76.2. The smallest absolute Gasteiger partial charge is 0.143 e. The van der Waals surface area contributed by atoms with Crippen LogP contribution >= 0.6 is 0 Å². The molecule has 0 N–H and O–H groups in total. The number of rotatable bonds is 4. The Bertz CT molecular complexity index is 4050. The summed E-state index contributed by atoms with van der Waals surface area (Å²) >= 11 is 0. The van der Waals surface area contributed by atoms with Gasteiger partial charge in [-0.15, -0.1) is 0 Å². The molecule has 0 saturated carbocycles. The molecule has 1 heteroatoms. The molecule has 14 aromatic rings. The van der Waals surface area contributed by atoms with Crippen molar-refractivity contribution in [2.24, 2.45) is 0 Å². The van der Waals surface area contributed by atoms with Crippen LogP contribution in [0.15, 0.2) is 211 Å². The van der Waals surface area contributed by atoms with E-state index in [2.05, 4.69) is 206 Å². The molecule has 0 fully saturated rings. The first-order valence-corrected chi connectivity index (χ1v) is 21.2. The monoisotopic (exact) mass is 770 g/mol. The van der Waals surface area contributed by atoms with Crippen LogP contribution in [0.3, 0.4) is 0 Å². The lowest BCUT2D eigenvalue weighted by molar-refractivity contribution is 0.674. The van der Waals surface area contributed by atoms with Crippen molar-refractivity contribution in [3.63, 3.8) is 0 Å². The lowest BCUT2D eigenvalue weighted by Crippen LogP contribution is -1.89. The molecule has 0 atom stereocenters. The largest absolute Gasteiger partial charge is 0.455 e. The first kappa shape index (κ1) is 32.9. The van der Waals surface area contributed by atoms with E-state index in [0.29, 0.717) is 0 Å². The summed E-state index contributed by atoms with van der Waals surface area (Å²) in [4.78, 5) is 0. The van der Waals surface area contributed by atoms with E-state index in [1.165, 1.54) is 97.8 Å². The Morgan fingerprint density at radius 3 is 1.30 bits per heavy atom. The summed E-state index contributed by atoms with van der Waals surface area (Å²) < 4.78 is 7.29. The Balaban J connectivity index is 1.01. The maximum atomic E-state index is 7.29. The van der Waals surface area contributed by atoms with Gasteiger partial charge >= 0.3 is 0 Å². The number of fused-ring (bicyclic) bond motifs is 5. The molecule has 280 valence electrons. The Morgan fingerprint density at radius 1 is 0.197 bits per heavy atom. The highest BCUT2D eigenvalue weighted by molar-refractivity contribution is 6.29. The highest BCUT2D eigenvalue weighted by atomic mass is 16.3. The lowest BCUT2D eigenvalue weighted by Gasteiger charge is -2.15. The summed E-state index contributed by atoms with van der Waals surface area (Å²) in [5, 5.41) is 20.0. The Kier molecular flexibility index (Phi) is 6.62. The molecule has 1 heterocycles. The number of hydrogen-bond donors (Lipinski definition) is 0. The highest BCUT2D eigenvalue weighted by Crippen LogP contribution is 2.48. The molecule has 0 aliphatic heterocycles. The van der Waals surface area contributed by atoms with Crippen molar-refractivity contribution in [3.05, 3.63) is 206 Å². The van der Waals surface area contributed by atoms with Gasteiger partial charge in [-0.25, -0.2) is 0 Å². The third kappa shape index (κ3) is 4.61. The molecule has 1 aromatic heterocycles. The molecule has 0 bridgehead atoms. The normalized spacial score (nSPS) is 12.3. The zero-order chi connectivity index (χ0) is 39.8. The van der Waals surface area contributed by atoms with Crippen molar-refractivity contribution < 1.29 is 4.42 Å². The predicted molar refractivity (Wildman–Crippen MR) is 260 cm³/mol. The van der Waals surface area contributed by atoms with Gasteiger partial charge in [0.15, 0.2) is 0 Å². The number of furan rings is 1. The average molecular weight is 771 g/mol. The minimum atomic E-state index is 0.913. The van der Waals surface area contributed by atoms with E-state index in [1.54, 1.807) is 0 Å². The van der Waals surface area contributed by atoms with Crippen molar-refractivity contribution in [3.8, 4) is 44.5 Å². The zero-order valence-corrected chi connectivity index (χ0v) is 33.0. The number of benzene rings is 13. The molecule has 13 aromatic carbocycles. The van der Waals surface area contributed by atoms with Crippen molar-refractivity contribution >= 4 is 97.3 Å². The summed E-state index contributed by atoms with van der Waals surface area (Å²) in [6.45, 7) is 0. The van der Waals surface area contributed by atoms with E-state index in [-0.39, 0.29) is 0 Å². The van der Waals surface area contributed by atoms with Gasteiger partial charge in [-0.2, -0.15) is 0 Å². The highest BCUT2D eigenvalue weighted by Gasteiger charge is 2.22. The van der Waals surface area contributed by atoms with Crippen molar-refractivity contribution in [1.82, 2.24) is 0 Å². The Labute approximate surface area is 351 Å². The lowest BCUT2D eigenvalue weighted by atomic mass is 9.87. The second-order valence-electron chi connectivity index (χ2n) is 16.7. The van der Waals surface area contributed by atoms with Gasteiger partial charge in [0.05, 0.1) is 0 Å². The molecule has 14 rings (SSSR count). The maximum absolute atomic E-state index is 7.29. The first-order valence-electron chi connectivity index (χ1n) is 21.2. The summed E-state index contributed by atoms with van der Waals surface area (Å²) in [5.41, 5.74) is 11.3. The molecule has 0 radical (unpaired) electrons. The minimum absolute atomic E-state index is 0.913. The van der Waals surface area contributed by atoms with Gasteiger partial charge in [0.25, 0.3) is 0 Å². The van der Waals surface area contributed by atoms with Crippen LogP contribution in [-0.2, 0) is 0 Å². The quantitative estimate of drug-likeness (QED) is 0.162. The van der Waals surface area contributed by atoms with Crippen LogP contribution in [-0.4, -0.2) is 0 Å². The molecule has 0 aliphatic carbocycles. The van der Waals surface area contributed by atoms with E-state index >= 15 is 0 Å². The van der Waals surface area contributed by atoms with Crippen LogP contribution in [0, 0.1) is 0 Å². The van der Waals surface area contributed by atoms with Gasteiger partial charge in [0, 0.05) is 21.7 Å². The van der Waals surface area contributed by atoms with Crippen LogP contribution in [0.4, 0.5) is 0 Å². The fraction of sp³-hybridized carbons (Fsp3) is 0. The molecule has 0 saturated heterocycles. The fourth-order valence-corrected chi connectivity index (χ4v) is 10.8. The molecule has 0 spiro atoms. The Hall–Kier alpha value is -8.00. The van der Waals surface area contributed by atoms with E-state index < -0.39 is 0 Å². The molecule has 1 nitrogen and oxygen atoms in total. The molecule has 0 unspecified atom stereocenters. The summed E-state index contributed by atoms with van der Waals surface area (Å²) in [5.74, 6) is 0. The topological polar surface area (TPSA) is 13.1 Å². The minimum Gasteiger partial charge on any atom is -0.455 e. The van der Waals surface area contributed by atoms with Gasteiger partial charge in [-0.1, -0.05) is 194 Å². The third-order valence-electron chi connectivity index (χ3n) is 13.6. The SMILES string of the molecule is c1ccc(-c2cccc3c2ccc2c3oc3c(-c4ccc5ccc6cccc7ccc4c5c67)ccc(-c4ccc(-c5ccc6ccc7cccc8ccc5c6c78)cc4)c32)cc1. The van der Waals surface area contributed by atoms with E-state index in [4.69, 9.17) is 4.42 Å². The van der Waals surface area contributed by atoms with Crippen molar-refractivity contribution in [2.45, 2.75) is 0 Å². The molecule has 0 amide bonds. The zero-order valence-electron chi connectivity index (χ0n) is 33.0. The van der Waals surface area contributed by atoms with E-state index in [9.17, 15) is 0 Å². The van der Waals surface area contributed by atoms with Crippen LogP contribution in [0.5, 0.6) is 0 Å². The first-order chi connectivity index (χ1) is 30.2. The second-order valence-corrected chi connectivity index (χ2v) is 16.7. The van der Waals surface area contributed by atoms with Gasteiger partial charge in [-0.05, 0) is 121 Å². The Morgan fingerprint density at radius 2 is 0.639 bits per heavy atom. The van der Waals surface area contributed by atoms with Crippen LogP contribution in [0.1, 0.15) is 0 Å². The molecule has 61 heavy (non-hydrogen) atoms. The molecule has 0 aliphatic rings. The molecular weight excluding hydrogens is 737 g/mol. The van der Waals surface area contributed by atoms with Gasteiger partial charge in [0.1, 0.15) is 11.2 Å².